The van der Waals surface area contributed by atoms with E-state index in [1.807, 2.05) is 6.92 Å². The van der Waals surface area contributed by atoms with E-state index in [4.69, 9.17) is 16.3 Å². The number of rotatable bonds is 4. The van der Waals surface area contributed by atoms with Gasteiger partial charge in [0.25, 0.3) is 11.5 Å². The van der Waals surface area contributed by atoms with Crippen molar-refractivity contribution in [2.45, 2.75) is 25.5 Å². The van der Waals surface area contributed by atoms with Crippen molar-refractivity contribution in [1.82, 2.24) is 4.98 Å². The van der Waals surface area contributed by atoms with Crippen LogP contribution in [0, 0.1) is 10.1 Å². The number of benzene rings is 3. The fraction of sp³-hybridized carbons (Fsp3) is 0.148. The summed E-state index contributed by atoms with van der Waals surface area (Å²) in [6, 6.07) is 14.6. The van der Waals surface area contributed by atoms with Gasteiger partial charge in [0, 0.05) is 29.1 Å². The molecule has 2 aliphatic rings. The van der Waals surface area contributed by atoms with Crippen LogP contribution in [0.15, 0.2) is 66.2 Å². The second-order valence-corrected chi connectivity index (χ2v) is 10.5. The first kappa shape index (κ1) is 24.1. The van der Waals surface area contributed by atoms with Gasteiger partial charge in [-0.15, -0.1) is 0 Å². The lowest BCUT2D eigenvalue weighted by Gasteiger charge is -2.22. The van der Waals surface area contributed by atoms with Gasteiger partial charge in [-0.1, -0.05) is 35.1 Å². The van der Waals surface area contributed by atoms with Gasteiger partial charge in [0.1, 0.15) is 17.6 Å². The second-order valence-electron chi connectivity index (χ2n) is 9.08. The van der Waals surface area contributed by atoms with E-state index >= 15 is 0 Å². The largest absolute Gasteiger partial charge is 0.507 e. The van der Waals surface area contributed by atoms with Crippen molar-refractivity contribution in [3.8, 4) is 5.75 Å². The van der Waals surface area contributed by atoms with Crippen LogP contribution >= 0.6 is 22.9 Å². The third kappa shape index (κ3) is 3.89. The number of carbonyl (C=O) groups excluding carboxylic acids is 2. The van der Waals surface area contributed by atoms with E-state index in [-0.39, 0.29) is 33.8 Å². The molecule has 0 radical (unpaired) electrons. The lowest BCUT2D eigenvalue weighted by atomic mass is 9.94. The molecule has 1 amide bonds. The van der Waals surface area contributed by atoms with Crippen LogP contribution in [0.2, 0.25) is 5.02 Å². The van der Waals surface area contributed by atoms with Gasteiger partial charge in [-0.2, -0.15) is 0 Å². The predicted octanol–water partition coefficient (Wildman–Crippen LogP) is 5.81. The zero-order valence-electron chi connectivity index (χ0n) is 19.8. The van der Waals surface area contributed by atoms with Crippen molar-refractivity contribution < 1.29 is 24.4 Å². The highest BCUT2D eigenvalue weighted by Gasteiger charge is 2.48. The summed E-state index contributed by atoms with van der Waals surface area (Å²) in [7, 11) is 0. The molecule has 0 bridgehead atoms. The van der Waals surface area contributed by atoms with Crippen LogP contribution in [0.5, 0.6) is 5.75 Å². The molecule has 0 aliphatic carbocycles. The van der Waals surface area contributed by atoms with E-state index in [0.717, 1.165) is 16.9 Å². The average molecular weight is 548 g/mol. The smallest absolute Gasteiger partial charge is 0.301 e. The summed E-state index contributed by atoms with van der Waals surface area (Å²) in [5.74, 6) is -1.50. The number of amides is 1. The number of nitrogens with zero attached hydrogens (tertiary/aromatic N) is 3. The molecule has 11 heteroatoms. The van der Waals surface area contributed by atoms with E-state index in [0.29, 0.717) is 33.0 Å². The van der Waals surface area contributed by atoms with Gasteiger partial charge < -0.3 is 9.84 Å². The quantitative estimate of drug-likeness (QED) is 0.112. The van der Waals surface area contributed by atoms with E-state index in [1.54, 1.807) is 42.5 Å². The molecule has 3 aromatic carbocycles. The van der Waals surface area contributed by atoms with Gasteiger partial charge in [-0.05, 0) is 54.4 Å². The minimum absolute atomic E-state index is 0.0228. The number of aliphatic hydroxyl groups is 1. The van der Waals surface area contributed by atoms with Gasteiger partial charge in [0.05, 0.1) is 26.8 Å². The number of halogens is 1. The molecule has 2 aliphatic heterocycles. The first-order chi connectivity index (χ1) is 18.2. The van der Waals surface area contributed by atoms with E-state index in [2.05, 4.69) is 4.98 Å². The van der Waals surface area contributed by atoms with E-state index < -0.39 is 22.7 Å². The number of ether oxygens (including phenoxy) is 1. The number of fused-ring (bicyclic) bond motifs is 2. The monoisotopic (exact) mass is 547 g/mol. The third-order valence-electron chi connectivity index (χ3n) is 6.56. The summed E-state index contributed by atoms with van der Waals surface area (Å²) in [4.78, 5) is 43.6. The Kier molecular flexibility index (Phi) is 5.66. The highest BCUT2D eigenvalue weighted by molar-refractivity contribution is 7.22. The highest BCUT2D eigenvalue weighted by Crippen LogP contribution is 2.45. The van der Waals surface area contributed by atoms with Crippen molar-refractivity contribution in [3.05, 3.63) is 98.1 Å². The van der Waals surface area contributed by atoms with Crippen LogP contribution in [0.4, 0.5) is 10.8 Å². The van der Waals surface area contributed by atoms with Crippen molar-refractivity contribution in [3.63, 3.8) is 0 Å². The summed E-state index contributed by atoms with van der Waals surface area (Å²) in [6.07, 6.45) is 0.610. The van der Waals surface area contributed by atoms with Crippen LogP contribution in [0.1, 0.15) is 29.7 Å². The van der Waals surface area contributed by atoms with Gasteiger partial charge in [-0.25, -0.2) is 4.98 Å². The fourth-order valence-electron chi connectivity index (χ4n) is 4.87. The third-order valence-corrected chi connectivity index (χ3v) is 7.81. The summed E-state index contributed by atoms with van der Waals surface area (Å²) < 4.78 is 6.43. The molecule has 4 aromatic rings. The molecule has 3 heterocycles. The highest BCUT2D eigenvalue weighted by atomic mass is 35.5. The van der Waals surface area contributed by atoms with Crippen LogP contribution in [0.3, 0.4) is 0 Å². The first-order valence-electron chi connectivity index (χ1n) is 11.6. The molecule has 1 N–H and O–H groups in total. The molecule has 2 atom stereocenters. The molecule has 190 valence electrons. The number of aromatic nitrogens is 1. The molecule has 1 saturated heterocycles. The zero-order chi connectivity index (χ0) is 26.7. The van der Waals surface area contributed by atoms with Crippen molar-refractivity contribution >= 4 is 61.4 Å². The molecular weight excluding hydrogens is 530 g/mol. The second kappa shape index (κ2) is 8.93. The van der Waals surface area contributed by atoms with Crippen molar-refractivity contribution in [2.24, 2.45) is 0 Å². The number of hydrogen-bond acceptors (Lipinski definition) is 8. The number of anilines is 1. The van der Waals surface area contributed by atoms with Crippen LogP contribution in [0.25, 0.3) is 16.0 Å². The maximum Gasteiger partial charge on any atom is 0.301 e. The Morgan fingerprint density at radius 2 is 2.00 bits per heavy atom. The molecule has 0 saturated carbocycles. The van der Waals surface area contributed by atoms with Gasteiger partial charge in [0.2, 0.25) is 0 Å². The van der Waals surface area contributed by atoms with Crippen LogP contribution in [-0.2, 0) is 16.0 Å². The zero-order valence-corrected chi connectivity index (χ0v) is 21.3. The Hall–Kier alpha value is -4.28. The standard InChI is InChI=1S/C27H18ClN3O6S/c1-13-9-16-10-15(5-8-20(16)37-13)24(32)22-23(14-3-2-4-18(11-14)31(35)36)30(26(34)25(22)33)27-29-19-7-6-17(28)12-21(19)38-27/h2-8,10-13,23,32H,9H2,1H3/b24-22-. The number of carbonyl (C=O) groups is 2. The number of aliphatic hydroxyl groups excluding tert-OH is 1. The summed E-state index contributed by atoms with van der Waals surface area (Å²) in [6.45, 7) is 1.93. The molecular formula is C27H18ClN3O6S. The lowest BCUT2D eigenvalue weighted by Crippen LogP contribution is -2.29. The SMILES string of the molecule is CC1Cc2cc(/C(O)=C3/C(=O)C(=O)N(c4nc5ccc(Cl)cc5s4)C3c3cccc([N+](=O)[O-])c3)ccc2O1. The Morgan fingerprint density at radius 3 is 2.79 bits per heavy atom. The van der Waals surface area contributed by atoms with Gasteiger partial charge >= 0.3 is 5.91 Å². The Labute approximate surface area is 224 Å². The number of Topliss-reactive ketones (excluding diaryl/α,β-unsaturated/α-hetero) is 1. The van der Waals surface area contributed by atoms with Crippen LogP contribution < -0.4 is 9.64 Å². The number of nitro benzene ring substituents is 1. The molecule has 6 rings (SSSR count). The minimum atomic E-state index is -1.14. The molecule has 1 aromatic heterocycles. The van der Waals surface area contributed by atoms with E-state index in [1.165, 1.54) is 23.1 Å². The number of hydrogen-bond donors (Lipinski definition) is 1. The maximum absolute atomic E-state index is 13.4. The van der Waals surface area contributed by atoms with Crippen molar-refractivity contribution in [1.29, 1.82) is 0 Å². The van der Waals surface area contributed by atoms with Crippen LogP contribution in [-0.4, -0.2) is 32.8 Å². The minimum Gasteiger partial charge on any atom is -0.507 e. The average Bonchev–Trinajstić information content (AvgIpc) is 3.55. The number of nitro groups is 1. The summed E-state index contributed by atoms with van der Waals surface area (Å²) in [5.41, 5.74) is 1.67. The maximum atomic E-state index is 13.4. The van der Waals surface area contributed by atoms with E-state index in [9.17, 15) is 24.8 Å². The molecule has 9 nitrogen and oxygen atoms in total. The number of ketones is 1. The van der Waals surface area contributed by atoms with Gasteiger partial charge in [-0.3, -0.25) is 24.6 Å². The Bertz CT molecular complexity index is 1710. The normalized spacial score (nSPS) is 20.1. The molecule has 0 spiro atoms. The summed E-state index contributed by atoms with van der Waals surface area (Å²) in [5, 5.41) is 23.6. The Morgan fingerprint density at radius 1 is 1.18 bits per heavy atom. The van der Waals surface area contributed by atoms with Crippen molar-refractivity contribution in [2.75, 3.05) is 4.90 Å². The molecule has 2 unspecified atom stereocenters. The number of thiazole rings is 1. The topological polar surface area (TPSA) is 123 Å². The Balaban J connectivity index is 1.56. The predicted molar refractivity (Wildman–Crippen MR) is 143 cm³/mol. The van der Waals surface area contributed by atoms with Gasteiger partial charge in [0.15, 0.2) is 5.13 Å². The molecule has 38 heavy (non-hydrogen) atoms. The lowest BCUT2D eigenvalue weighted by molar-refractivity contribution is -0.384. The first-order valence-corrected chi connectivity index (χ1v) is 12.8. The number of non-ortho nitro benzene ring substituents is 1. The molecule has 1 fully saturated rings. The fourth-order valence-corrected chi connectivity index (χ4v) is 6.14. The summed E-state index contributed by atoms with van der Waals surface area (Å²) >= 11 is 7.28.